The van der Waals surface area contributed by atoms with Gasteiger partial charge in [0, 0.05) is 29.7 Å². The van der Waals surface area contributed by atoms with Crippen LogP contribution in [0.5, 0.6) is 0 Å². The smallest absolute Gasteiger partial charge is 0.257 e. The Kier molecular flexibility index (Phi) is 4.36. The molecule has 8 heteroatoms. The molecule has 1 fully saturated rings. The average Bonchev–Trinajstić information content (AvgIpc) is 3.44. The van der Waals surface area contributed by atoms with Gasteiger partial charge in [0.15, 0.2) is 5.65 Å². The summed E-state index contributed by atoms with van der Waals surface area (Å²) in [6.07, 6.45) is 2.22. The Morgan fingerprint density at radius 1 is 1.17 bits per heavy atom. The number of hydrogen-bond donors (Lipinski definition) is 1. The van der Waals surface area contributed by atoms with Crippen LogP contribution >= 0.6 is 11.6 Å². The number of rotatable bonds is 4. The number of nitrogens with one attached hydrogen (secondary N) is 1. The maximum atomic E-state index is 13.4. The maximum Gasteiger partial charge on any atom is 0.257 e. The first-order valence-corrected chi connectivity index (χ1v) is 10.3. The zero-order chi connectivity index (χ0) is 21.0. The molecule has 5 rings (SSSR count). The molecule has 1 amide bonds. The number of benzene rings is 1. The minimum absolute atomic E-state index is 0.205. The summed E-state index contributed by atoms with van der Waals surface area (Å²) in [7, 11) is 1.86. The number of anilines is 1. The number of amides is 1. The third-order valence-electron chi connectivity index (χ3n) is 5.35. The van der Waals surface area contributed by atoms with Gasteiger partial charge in [-0.25, -0.2) is 9.67 Å². The van der Waals surface area contributed by atoms with Crippen molar-refractivity contribution in [2.45, 2.75) is 32.6 Å². The van der Waals surface area contributed by atoms with Gasteiger partial charge in [-0.2, -0.15) is 10.2 Å². The molecule has 1 aromatic carbocycles. The van der Waals surface area contributed by atoms with Crippen molar-refractivity contribution in [1.29, 1.82) is 0 Å². The molecule has 3 heterocycles. The van der Waals surface area contributed by atoms with Crippen LogP contribution in [-0.4, -0.2) is 30.5 Å². The number of halogens is 1. The highest BCUT2D eigenvalue weighted by molar-refractivity contribution is 6.30. The SMILES string of the molecule is Cc1cc(NC(=O)c2cc(C3CC3)nc3c2c(C)nn3C)n(-c2cccc(Cl)c2)n1. The summed E-state index contributed by atoms with van der Waals surface area (Å²) < 4.78 is 3.43. The fourth-order valence-electron chi connectivity index (χ4n) is 3.81. The van der Waals surface area contributed by atoms with Gasteiger partial charge in [0.2, 0.25) is 0 Å². The van der Waals surface area contributed by atoms with Gasteiger partial charge in [0.05, 0.1) is 28.0 Å². The molecule has 1 N–H and O–H groups in total. The zero-order valence-electron chi connectivity index (χ0n) is 17.0. The predicted octanol–water partition coefficient (Wildman–Crippen LogP) is 4.55. The van der Waals surface area contributed by atoms with Crippen LogP contribution < -0.4 is 5.32 Å². The molecule has 3 aromatic heterocycles. The summed E-state index contributed by atoms with van der Waals surface area (Å²) in [6.45, 7) is 3.79. The van der Waals surface area contributed by atoms with E-state index in [0.29, 0.717) is 22.3 Å². The first-order valence-electron chi connectivity index (χ1n) is 9.89. The van der Waals surface area contributed by atoms with Gasteiger partial charge < -0.3 is 5.32 Å². The van der Waals surface area contributed by atoms with Crippen LogP contribution in [0.1, 0.15) is 46.2 Å². The van der Waals surface area contributed by atoms with E-state index < -0.39 is 0 Å². The van der Waals surface area contributed by atoms with Gasteiger partial charge >= 0.3 is 0 Å². The van der Waals surface area contributed by atoms with E-state index in [2.05, 4.69) is 15.5 Å². The fourth-order valence-corrected chi connectivity index (χ4v) is 3.99. The number of hydrogen-bond acceptors (Lipinski definition) is 4. The number of aryl methyl sites for hydroxylation is 3. The quantitative estimate of drug-likeness (QED) is 0.525. The van der Waals surface area contributed by atoms with Crippen molar-refractivity contribution in [3.05, 3.63) is 64.1 Å². The van der Waals surface area contributed by atoms with E-state index in [1.807, 2.05) is 51.2 Å². The van der Waals surface area contributed by atoms with E-state index in [9.17, 15) is 4.79 Å². The second kappa shape index (κ2) is 6.95. The van der Waals surface area contributed by atoms with Gasteiger partial charge in [0.25, 0.3) is 5.91 Å². The lowest BCUT2D eigenvalue weighted by molar-refractivity contribution is 0.102. The molecule has 30 heavy (non-hydrogen) atoms. The number of pyridine rings is 1. The van der Waals surface area contributed by atoms with Crippen molar-refractivity contribution in [1.82, 2.24) is 24.5 Å². The van der Waals surface area contributed by atoms with Crippen LogP contribution in [0.25, 0.3) is 16.7 Å². The summed E-state index contributed by atoms with van der Waals surface area (Å²) in [5.41, 5.74) is 4.64. The molecular formula is C22H21ClN6O. The molecule has 0 radical (unpaired) electrons. The molecule has 1 aliphatic carbocycles. The normalized spacial score (nSPS) is 13.7. The Morgan fingerprint density at radius 3 is 2.70 bits per heavy atom. The minimum atomic E-state index is -0.205. The third-order valence-corrected chi connectivity index (χ3v) is 5.59. The lowest BCUT2D eigenvalue weighted by atomic mass is 10.1. The maximum absolute atomic E-state index is 13.4. The molecule has 0 bridgehead atoms. The largest absolute Gasteiger partial charge is 0.306 e. The van der Waals surface area contributed by atoms with E-state index in [4.69, 9.17) is 16.6 Å². The van der Waals surface area contributed by atoms with Gasteiger partial charge in [-0.3, -0.25) is 9.48 Å². The van der Waals surface area contributed by atoms with Gasteiger partial charge in [-0.05, 0) is 51.0 Å². The van der Waals surface area contributed by atoms with Crippen molar-refractivity contribution >= 4 is 34.4 Å². The fraction of sp³-hybridized carbons (Fsp3) is 0.273. The lowest BCUT2D eigenvalue weighted by Gasteiger charge is -2.11. The number of aromatic nitrogens is 5. The third kappa shape index (κ3) is 3.25. The molecule has 0 spiro atoms. The predicted molar refractivity (Wildman–Crippen MR) is 116 cm³/mol. The van der Waals surface area contributed by atoms with Crippen molar-refractivity contribution in [2.75, 3.05) is 5.32 Å². The summed E-state index contributed by atoms with van der Waals surface area (Å²) in [6, 6.07) is 11.1. The Bertz CT molecular complexity index is 1300. The van der Waals surface area contributed by atoms with Crippen molar-refractivity contribution < 1.29 is 4.79 Å². The Labute approximate surface area is 178 Å². The van der Waals surface area contributed by atoms with E-state index in [0.717, 1.165) is 46.6 Å². The van der Waals surface area contributed by atoms with Crippen molar-refractivity contribution in [3.63, 3.8) is 0 Å². The summed E-state index contributed by atoms with van der Waals surface area (Å²) in [5, 5.41) is 13.4. The second-order valence-corrected chi connectivity index (χ2v) is 8.23. The van der Waals surface area contributed by atoms with Gasteiger partial charge in [-0.1, -0.05) is 17.7 Å². The van der Waals surface area contributed by atoms with E-state index in [1.165, 1.54) is 0 Å². The van der Waals surface area contributed by atoms with E-state index in [1.54, 1.807) is 15.4 Å². The molecule has 1 aliphatic rings. The van der Waals surface area contributed by atoms with Crippen LogP contribution in [-0.2, 0) is 7.05 Å². The van der Waals surface area contributed by atoms with E-state index >= 15 is 0 Å². The van der Waals surface area contributed by atoms with Crippen LogP contribution in [0.15, 0.2) is 36.4 Å². The molecule has 0 unspecified atom stereocenters. The second-order valence-electron chi connectivity index (χ2n) is 7.79. The Morgan fingerprint density at radius 2 is 1.97 bits per heavy atom. The van der Waals surface area contributed by atoms with Crippen LogP contribution in [0.2, 0.25) is 5.02 Å². The highest BCUT2D eigenvalue weighted by Gasteiger charge is 2.28. The van der Waals surface area contributed by atoms with E-state index in [-0.39, 0.29) is 5.91 Å². The summed E-state index contributed by atoms with van der Waals surface area (Å²) >= 11 is 6.15. The molecule has 4 aromatic rings. The average molecular weight is 421 g/mol. The Hall–Kier alpha value is -3.19. The number of fused-ring (bicyclic) bond motifs is 1. The molecule has 0 saturated heterocycles. The van der Waals surface area contributed by atoms with Crippen LogP contribution in [0.3, 0.4) is 0 Å². The lowest BCUT2D eigenvalue weighted by Crippen LogP contribution is -2.16. The summed E-state index contributed by atoms with van der Waals surface area (Å²) in [4.78, 5) is 18.2. The zero-order valence-corrected chi connectivity index (χ0v) is 17.7. The first kappa shape index (κ1) is 18.8. The van der Waals surface area contributed by atoms with Crippen molar-refractivity contribution in [2.24, 2.45) is 7.05 Å². The number of carbonyl (C=O) groups is 1. The standard InChI is InChI=1S/C22H21ClN6O/c1-12-9-19(29(26-12)16-6-4-5-15(23)10-16)25-22(30)17-11-18(14-7-8-14)24-21-20(17)13(2)27-28(21)3/h4-6,9-11,14H,7-8H2,1-3H3,(H,25,30). The number of nitrogens with zero attached hydrogens (tertiary/aromatic N) is 5. The summed E-state index contributed by atoms with van der Waals surface area (Å²) in [5.74, 6) is 0.804. The highest BCUT2D eigenvalue weighted by Crippen LogP contribution is 2.40. The van der Waals surface area contributed by atoms with Gasteiger partial charge in [0.1, 0.15) is 5.82 Å². The Balaban J connectivity index is 1.58. The van der Waals surface area contributed by atoms with Crippen molar-refractivity contribution in [3.8, 4) is 5.69 Å². The highest BCUT2D eigenvalue weighted by atomic mass is 35.5. The topological polar surface area (TPSA) is 77.6 Å². The minimum Gasteiger partial charge on any atom is -0.306 e. The first-order chi connectivity index (χ1) is 14.4. The molecule has 152 valence electrons. The van der Waals surface area contributed by atoms with Crippen LogP contribution in [0.4, 0.5) is 5.82 Å². The molecule has 0 atom stereocenters. The molecule has 0 aliphatic heterocycles. The monoisotopic (exact) mass is 420 g/mol. The van der Waals surface area contributed by atoms with Crippen LogP contribution in [0, 0.1) is 13.8 Å². The van der Waals surface area contributed by atoms with Gasteiger partial charge in [-0.15, -0.1) is 0 Å². The molecule has 1 saturated carbocycles. The number of carbonyl (C=O) groups excluding carboxylic acids is 1. The molecule has 7 nitrogen and oxygen atoms in total. The molecular weight excluding hydrogens is 400 g/mol.